The van der Waals surface area contributed by atoms with Crippen LogP contribution in [-0.2, 0) is 10.0 Å². The van der Waals surface area contributed by atoms with Crippen LogP contribution in [0.4, 0.5) is 0 Å². The quantitative estimate of drug-likeness (QED) is 0.847. The van der Waals surface area contributed by atoms with Gasteiger partial charge in [-0.05, 0) is 31.2 Å². The molecule has 0 bridgehead atoms. The van der Waals surface area contributed by atoms with E-state index in [-0.39, 0.29) is 17.7 Å². The molecule has 2 N–H and O–H groups in total. The molecule has 0 aromatic heterocycles. The summed E-state index contributed by atoms with van der Waals surface area (Å²) in [5.74, 6) is 0.140. The number of hydrogen-bond acceptors (Lipinski definition) is 3. The first-order valence-corrected chi connectivity index (χ1v) is 9.40. The lowest BCUT2D eigenvalue weighted by Gasteiger charge is -2.29. The van der Waals surface area contributed by atoms with Crippen molar-refractivity contribution in [2.24, 2.45) is 0 Å². The minimum Gasteiger partial charge on any atom is -0.310 e. The highest BCUT2D eigenvalue weighted by Crippen LogP contribution is 2.16. The second-order valence-electron chi connectivity index (χ2n) is 6.14. The molecule has 0 radical (unpaired) electrons. The van der Waals surface area contributed by atoms with Crippen LogP contribution in [0.25, 0.3) is 0 Å². The van der Waals surface area contributed by atoms with Crippen LogP contribution in [0.2, 0.25) is 0 Å². The summed E-state index contributed by atoms with van der Waals surface area (Å²) in [5.41, 5.74) is 1.06. The number of nitrogens with one attached hydrogen (secondary N) is 2. The summed E-state index contributed by atoms with van der Waals surface area (Å²) in [6.45, 7) is 4.60. The van der Waals surface area contributed by atoms with E-state index < -0.39 is 10.0 Å². The van der Waals surface area contributed by atoms with Crippen LogP contribution in [0, 0.1) is 0 Å². The molecule has 3 atom stereocenters. The Bertz CT molecular complexity index is 530. The van der Waals surface area contributed by atoms with Gasteiger partial charge in [0.05, 0.1) is 5.75 Å². The summed E-state index contributed by atoms with van der Waals surface area (Å²) in [6, 6.07) is 10.5. The van der Waals surface area contributed by atoms with Crippen molar-refractivity contribution in [3.63, 3.8) is 0 Å². The zero-order chi connectivity index (χ0) is 15.3. The Hall–Kier alpha value is -0.910. The van der Waals surface area contributed by atoms with Crippen LogP contribution in [0.3, 0.4) is 0 Å². The van der Waals surface area contributed by atoms with Crippen LogP contribution in [0.15, 0.2) is 30.3 Å². The zero-order valence-electron chi connectivity index (χ0n) is 12.9. The van der Waals surface area contributed by atoms with Gasteiger partial charge in [0, 0.05) is 18.6 Å². The van der Waals surface area contributed by atoms with Gasteiger partial charge >= 0.3 is 0 Å². The Kier molecular flexibility index (Phi) is 5.79. The van der Waals surface area contributed by atoms with Crippen molar-refractivity contribution in [3.05, 3.63) is 35.9 Å². The Balaban J connectivity index is 1.84. The maximum absolute atomic E-state index is 12.2. The molecule has 0 spiro atoms. The van der Waals surface area contributed by atoms with E-state index >= 15 is 0 Å². The molecule has 0 aliphatic carbocycles. The lowest BCUT2D eigenvalue weighted by Crippen LogP contribution is -2.47. The number of rotatable bonds is 6. The second kappa shape index (κ2) is 7.38. The molecule has 5 heteroatoms. The van der Waals surface area contributed by atoms with Gasteiger partial charge in [0.1, 0.15) is 0 Å². The van der Waals surface area contributed by atoms with Crippen LogP contribution in [0.1, 0.15) is 44.6 Å². The lowest BCUT2D eigenvalue weighted by atomic mass is 10.00. The van der Waals surface area contributed by atoms with E-state index in [9.17, 15) is 8.42 Å². The van der Waals surface area contributed by atoms with Gasteiger partial charge in [-0.15, -0.1) is 0 Å². The number of sulfonamides is 1. The maximum atomic E-state index is 12.2. The Labute approximate surface area is 128 Å². The van der Waals surface area contributed by atoms with Crippen molar-refractivity contribution in [1.29, 1.82) is 0 Å². The van der Waals surface area contributed by atoms with Crippen LogP contribution in [-0.4, -0.2) is 32.8 Å². The molecular weight excluding hydrogens is 284 g/mol. The summed E-state index contributed by atoms with van der Waals surface area (Å²) >= 11 is 0. The summed E-state index contributed by atoms with van der Waals surface area (Å²) in [6.07, 6.45) is 3.39. The fourth-order valence-electron chi connectivity index (χ4n) is 2.89. The van der Waals surface area contributed by atoms with Crippen molar-refractivity contribution in [1.82, 2.24) is 10.0 Å². The van der Waals surface area contributed by atoms with Gasteiger partial charge in [0.2, 0.25) is 10.0 Å². The SMILES string of the molecule is CC1CCCC(CNS(=O)(=O)CC(C)c2ccccc2)N1. The summed E-state index contributed by atoms with van der Waals surface area (Å²) in [7, 11) is -3.24. The average Bonchev–Trinajstić information content (AvgIpc) is 2.46. The fourth-order valence-corrected chi connectivity index (χ4v) is 4.32. The largest absolute Gasteiger partial charge is 0.310 e. The molecule has 118 valence electrons. The van der Waals surface area contributed by atoms with Gasteiger partial charge < -0.3 is 5.32 Å². The summed E-state index contributed by atoms with van der Waals surface area (Å²) in [4.78, 5) is 0. The first-order chi connectivity index (χ1) is 9.96. The van der Waals surface area contributed by atoms with Crippen molar-refractivity contribution >= 4 is 10.0 Å². The Morgan fingerprint density at radius 1 is 1.29 bits per heavy atom. The first kappa shape index (κ1) is 16.5. The lowest BCUT2D eigenvalue weighted by molar-refractivity contribution is 0.334. The third-order valence-electron chi connectivity index (χ3n) is 4.10. The smallest absolute Gasteiger partial charge is 0.212 e. The first-order valence-electron chi connectivity index (χ1n) is 7.74. The predicted octanol–water partition coefficient (Wildman–Crippen LogP) is 2.24. The highest BCUT2D eigenvalue weighted by Gasteiger charge is 2.21. The minimum atomic E-state index is -3.24. The number of hydrogen-bond donors (Lipinski definition) is 2. The van der Waals surface area contributed by atoms with Gasteiger partial charge in [-0.25, -0.2) is 13.1 Å². The Morgan fingerprint density at radius 3 is 2.67 bits per heavy atom. The normalized spacial score (nSPS) is 24.7. The predicted molar refractivity (Wildman–Crippen MR) is 86.9 cm³/mol. The molecule has 1 aromatic rings. The Morgan fingerprint density at radius 2 is 2.00 bits per heavy atom. The van der Waals surface area contributed by atoms with E-state index in [1.165, 1.54) is 12.8 Å². The highest BCUT2D eigenvalue weighted by atomic mass is 32.2. The van der Waals surface area contributed by atoms with Crippen molar-refractivity contribution < 1.29 is 8.42 Å². The monoisotopic (exact) mass is 310 g/mol. The summed E-state index contributed by atoms with van der Waals surface area (Å²) < 4.78 is 27.2. The third kappa shape index (κ3) is 5.41. The van der Waals surface area contributed by atoms with Gasteiger partial charge in [-0.1, -0.05) is 43.7 Å². The van der Waals surface area contributed by atoms with Gasteiger partial charge in [0.25, 0.3) is 0 Å². The maximum Gasteiger partial charge on any atom is 0.212 e. The number of piperidine rings is 1. The summed E-state index contributed by atoms with van der Waals surface area (Å²) in [5, 5.41) is 3.45. The van der Waals surface area contributed by atoms with Crippen LogP contribution in [0.5, 0.6) is 0 Å². The molecule has 0 saturated carbocycles. The van der Waals surface area contributed by atoms with E-state index in [2.05, 4.69) is 17.0 Å². The van der Waals surface area contributed by atoms with E-state index in [4.69, 9.17) is 0 Å². The molecule has 2 rings (SSSR count). The molecule has 1 fully saturated rings. The molecule has 4 nitrogen and oxygen atoms in total. The standard InChI is InChI=1S/C16H26N2O2S/c1-13(15-8-4-3-5-9-15)12-21(19,20)17-11-16-10-6-7-14(2)18-16/h3-5,8-9,13-14,16-18H,6-7,10-12H2,1-2H3. The van der Waals surface area contributed by atoms with Gasteiger partial charge in [-0.3, -0.25) is 0 Å². The highest BCUT2D eigenvalue weighted by molar-refractivity contribution is 7.89. The average molecular weight is 310 g/mol. The molecule has 21 heavy (non-hydrogen) atoms. The zero-order valence-corrected chi connectivity index (χ0v) is 13.7. The second-order valence-corrected chi connectivity index (χ2v) is 7.99. The van der Waals surface area contributed by atoms with Crippen molar-refractivity contribution in [2.45, 2.75) is 51.1 Å². The van der Waals surface area contributed by atoms with Gasteiger partial charge in [0.15, 0.2) is 0 Å². The van der Waals surface area contributed by atoms with Gasteiger partial charge in [-0.2, -0.15) is 0 Å². The number of benzene rings is 1. The van der Waals surface area contributed by atoms with E-state index in [1.807, 2.05) is 37.3 Å². The van der Waals surface area contributed by atoms with E-state index in [0.717, 1.165) is 12.0 Å². The molecule has 1 aromatic carbocycles. The molecular formula is C16H26N2O2S. The molecule has 1 heterocycles. The fraction of sp³-hybridized carbons (Fsp3) is 0.625. The molecule has 0 amide bonds. The van der Waals surface area contributed by atoms with Crippen molar-refractivity contribution in [3.8, 4) is 0 Å². The van der Waals surface area contributed by atoms with Crippen LogP contribution >= 0.6 is 0 Å². The van der Waals surface area contributed by atoms with E-state index in [0.29, 0.717) is 12.6 Å². The van der Waals surface area contributed by atoms with Crippen LogP contribution < -0.4 is 10.0 Å². The molecule has 1 saturated heterocycles. The molecule has 1 aliphatic rings. The molecule has 1 aliphatic heterocycles. The van der Waals surface area contributed by atoms with Crippen molar-refractivity contribution in [2.75, 3.05) is 12.3 Å². The molecule has 3 unspecified atom stereocenters. The topological polar surface area (TPSA) is 58.2 Å². The minimum absolute atomic E-state index is 0.00180. The third-order valence-corrected chi connectivity index (χ3v) is 5.64. The van der Waals surface area contributed by atoms with E-state index in [1.54, 1.807) is 0 Å².